The maximum atomic E-state index is 4.26. The van der Waals surface area contributed by atoms with E-state index in [1.807, 2.05) is 11.6 Å². The van der Waals surface area contributed by atoms with Gasteiger partial charge in [0.25, 0.3) is 0 Å². The maximum absolute atomic E-state index is 4.26. The predicted molar refractivity (Wildman–Crippen MR) is 71.1 cm³/mol. The Bertz CT molecular complexity index is 245. The second-order valence-electron chi connectivity index (χ2n) is 3.81. The first-order valence-corrected chi connectivity index (χ1v) is 7.06. The van der Waals surface area contributed by atoms with Crippen molar-refractivity contribution in [3.8, 4) is 0 Å². The zero-order chi connectivity index (χ0) is 11.6. The molecule has 0 aromatic carbocycles. The highest BCUT2D eigenvalue weighted by Crippen LogP contribution is 2.03. The summed E-state index contributed by atoms with van der Waals surface area (Å²) in [5, 5.41) is 6.74. The molecule has 0 spiro atoms. The molecule has 1 N–H and O–H groups in total. The van der Waals surface area contributed by atoms with E-state index in [0.29, 0.717) is 0 Å². The van der Waals surface area contributed by atoms with Gasteiger partial charge in [0, 0.05) is 24.5 Å². The van der Waals surface area contributed by atoms with Crippen molar-refractivity contribution in [1.29, 1.82) is 0 Å². The summed E-state index contributed by atoms with van der Waals surface area (Å²) in [5.74, 6) is 0. The molecule has 0 saturated carbocycles. The minimum Gasteiger partial charge on any atom is -0.316 e. The Balaban J connectivity index is 1.92. The fraction of sp³-hybridized carbons (Fsp3) is 0.750. The van der Waals surface area contributed by atoms with Crippen LogP contribution in [-0.2, 0) is 6.42 Å². The summed E-state index contributed by atoms with van der Waals surface area (Å²) in [5.41, 5.74) is 0. The molecular weight excluding hydrogens is 218 g/mol. The van der Waals surface area contributed by atoms with Crippen molar-refractivity contribution < 1.29 is 0 Å². The number of aromatic nitrogens is 1. The van der Waals surface area contributed by atoms with Crippen LogP contribution >= 0.6 is 11.3 Å². The summed E-state index contributed by atoms with van der Waals surface area (Å²) in [4.78, 5) is 6.72. The van der Waals surface area contributed by atoms with Gasteiger partial charge in [-0.25, -0.2) is 4.98 Å². The van der Waals surface area contributed by atoms with Crippen LogP contribution in [0.25, 0.3) is 0 Å². The summed E-state index contributed by atoms with van der Waals surface area (Å²) < 4.78 is 0. The number of nitrogens with zero attached hydrogens (tertiary/aromatic N) is 2. The van der Waals surface area contributed by atoms with Crippen molar-refractivity contribution in [2.75, 3.05) is 32.7 Å². The first kappa shape index (κ1) is 13.6. The Morgan fingerprint density at radius 2 is 2.12 bits per heavy atom. The second kappa shape index (κ2) is 8.67. The zero-order valence-electron chi connectivity index (χ0n) is 10.4. The van der Waals surface area contributed by atoms with Crippen molar-refractivity contribution in [3.05, 3.63) is 16.6 Å². The highest BCUT2D eigenvalue weighted by Gasteiger charge is 1.98. The Kier molecular flexibility index (Phi) is 7.38. The van der Waals surface area contributed by atoms with Gasteiger partial charge in [0.05, 0.1) is 5.01 Å². The minimum atomic E-state index is 1.05. The molecule has 4 heteroatoms. The lowest BCUT2D eigenvalue weighted by Gasteiger charge is -2.17. The van der Waals surface area contributed by atoms with Crippen LogP contribution in [0, 0.1) is 0 Å². The van der Waals surface area contributed by atoms with E-state index in [0.717, 1.165) is 32.6 Å². The van der Waals surface area contributed by atoms with E-state index in [1.54, 1.807) is 11.3 Å². The molecule has 0 bridgehead atoms. The molecule has 1 aromatic rings. The summed E-state index contributed by atoms with van der Waals surface area (Å²) >= 11 is 1.74. The van der Waals surface area contributed by atoms with E-state index >= 15 is 0 Å². The van der Waals surface area contributed by atoms with Crippen LogP contribution in [0.4, 0.5) is 0 Å². The highest BCUT2D eigenvalue weighted by atomic mass is 32.1. The molecule has 0 aliphatic rings. The lowest BCUT2D eigenvalue weighted by atomic mass is 10.3. The molecule has 0 aliphatic heterocycles. The van der Waals surface area contributed by atoms with Crippen molar-refractivity contribution in [1.82, 2.24) is 15.2 Å². The van der Waals surface area contributed by atoms with Gasteiger partial charge in [0.2, 0.25) is 0 Å². The SMILES string of the molecule is CCN(CC)CCCNCCc1nccs1. The van der Waals surface area contributed by atoms with Gasteiger partial charge >= 0.3 is 0 Å². The molecule has 0 aliphatic carbocycles. The van der Waals surface area contributed by atoms with Crippen molar-refractivity contribution >= 4 is 11.3 Å². The molecule has 0 radical (unpaired) electrons. The lowest BCUT2D eigenvalue weighted by molar-refractivity contribution is 0.298. The fourth-order valence-corrected chi connectivity index (χ4v) is 2.28. The molecule has 92 valence electrons. The summed E-state index contributed by atoms with van der Waals surface area (Å²) in [6, 6.07) is 0. The lowest BCUT2D eigenvalue weighted by Crippen LogP contribution is -2.27. The van der Waals surface area contributed by atoms with Gasteiger partial charge in [-0.2, -0.15) is 0 Å². The van der Waals surface area contributed by atoms with Gasteiger partial charge in [0.15, 0.2) is 0 Å². The minimum absolute atomic E-state index is 1.05. The maximum Gasteiger partial charge on any atom is 0.0937 e. The Morgan fingerprint density at radius 1 is 1.31 bits per heavy atom. The van der Waals surface area contributed by atoms with Crippen LogP contribution in [0.3, 0.4) is 0 Å². The van der Waals surface area contributed by atoms with Crippen LogP contribution in [0.2, 0.25) is 0 Å². The van der Waals surface area contributed by atoms with Gasteiger partial charge in [-0.1, -0.05) is 13.8 Å². The average molecular weight is 241 g/mol. The van der Waals surface area contributed by atoms with Gasteiger partial charge in [0.1, 0.15) is 0 Å². The van der Waals surface area contributed by atoms with E-state index < -0.39 is 0 Å². The number of hydrogen-bond acceptors (Lipinski definition) is 4. The molecular formula is C12H23N3S. The average Bonchev–Trinajstić information content (AvgIpc) is 2.81. The molecule has 1 aromatic heterocycles. The van der Waals surface area contributed by atoms with Gasteiger partial charge in [-0.15, -0.1) is 11.3 Å². The second-order valence-corrected chi connectivity index (χ2v) is 4.79. The fourth-order valence-electron chi connectivity index (χ4n) is 1.66. The normalized spacial score (nSPS) is 11.2. The van der Waals surface area contributed by atoms with Crippen LogP contribution < -0.4 is 5.32 Å². The zero-order valence-corrected chi connectivity index (χ0v) is 11.2. The predicted octanol–water partition coefficient (Wildman–Crippen LogP) is 2.01. The van der Waals surface area contributed by atoms with E-state index in [-0.39, 0.29) is 0 Å². The molecule has 3 nitrogen and oxygen atoms in total. The monoisotopic (exact) mass is 241 g/mol. The molecule has 0 unspecified atom stereocenters. The highest BCUT2D eigenvalue weighted by molar-refractivity contribution is 7.09. The van der Waals surface area contributed by atoms with E-state index in [4.69, 9.17) is 0 Å². The Hall–Kier alpha value is -0.450. The summed E-state index contributed by atoms with van der Waals surface area (Å²) in [6.45, 7) is 10.1. The Morgan fingerprint density at radius 3 is 2.75 bits per heavy atom. The molecule has 1 rings (SSSR count). The van der Waals surface area contributed by atoms with Crippen LogP contribution in [0.1, 0.15) is 25.3 Å². The number of thiazole rings is 1. The number of hydrogen-bond donors (Lipinski definition) is 1. The molecule has 0 atom stereocenters. The third-order valence-corrected chi connectivity index (χ3v) is 3.56. The molecule has 1 heterocycles. The molecule has 16 heavy (non-hydrogen) atoms. The standard InChI is InChI=1S/C12H23N3S/c1-3-15(4-2)10-5-7-13-8-6-12-14-9-11-16-12/h9,11,13H,3-8,10H2,1-2H3. The van der Waals surface area contributed by atoms with Crippen molar-refractivity contribution in [2.45, 2.75) is 26.7 Å². The van der Waals surface area contributed by atoms with E-state index in [2.05, 4.69) is 29.0 Å². The van der Waals surface area contributed by atoms with Gasteiger partial charge < -0.3 is 10.2 Å². The van der Waals surface area contributed by atoms with E-state index in [9.17, 15) is 0 Å². The molecule has 0 amide bonds. The summed E-state index contributed by atoms with van der Waals surface area (Å²) in [6.07, 6.45) is 4.17. The summed E-state index contributed by atoms with van der Waals surface area (Å²) in [7, 11) is 0. The van der Waals surface area contributed by atoms with Crippen molar-refractivity contribution in [2.24, 2.45) is 0 Å². The largest absolute Gasteiger partial charge is 0.316 e. The van der Waals surface area contributed by atoms with Crippen molar-refractivity contribution in [3.63, 3.8) is 0 Å². The first-order chi connectivity index (χ1) is 7.86. The third-order valence-electron chi connectivity index (χ3n) is 2.72. The topological polar surface area (TPSA) is 28.2 Å². The van der Waals surface area contributed by atoms with Crippen LogP contribution in [0.5, 0.6) is 0 Å². The third kappa shape index (κ3) is 5.58. The van der Waals surface area contributed by atoms with Gasteiger partial charge in [-0.05, 0) is 32.6 Å². The first-order valence-electron chi connectivity index (χ1n) is 6.18. The molecule has 0 fully saturated rings. The Labute approximate surface area is 103 Å². The molecule has 0 saturated heterocycles. The quantitative estimate of drug-likeness (QED) is 0.670. The number of rotatable bonds is 9. The van der Waals surface area contributed by atoms with Crippen LogP contribution in [-0.4, -0.2) is 42.6 Å². The smallest absolute Gasteiger partial charge is 0.0937 e. The number of nitrogens with one attached hydrogen (secondary N) is 1. The van der Waals surface area contributed by atoms with E-state index in [1.165, 1.54) is 18.0 Å². The van der Waals surface area contributed by atoms with Crippen LogP contribution in [0.15, 0.2) is 11.6 Å². The van der Waals surface area contributed by atoms with Gasteiger partial charge in [-0.3, -0.25) is 0 Å².